The van der Waals surface area contributed by atoms with Crippen molar-refractivity contribution in [3.05, 3.63) is 62.4 Å². The van der Waals surface area contributed by atoms with Crippen molar-refractivity contribution in [2.45, 2.75) is 13.3 Å². The summed E-state index contributed by atoms with van der Waals surface area (Å²) >= 11 is 0. The SMILES string of the molecule is Cc1nc(Cc2nc3[nH]c(=O)[nH]c(=O)c3[nH]2)nc2ccccc12. The van der Waals surface area contributed by atoms with E-state index in [0.717, 1.165) is 16.6 Å². The van der Waals surface area contributed by atoms with E-state index < -0.39 is 11.2 Å². The Hall–Kier alpha value is -3.29. The second kappa shape index (κ2) is 4.87. The maximum atomic E-state index is 11.7. The Bertz CT molecular complexity index is 1150. The highest BCUT2D eigenvalue weighted by Crippen LogP contribution is 2.16. The molecule has 0 saturated carbocycles. The average Bonchev–Trinajstić information content (AvgIpc) is 2.90. The Kier molecular flexibility index (Phi) is 2.83. The molecule has 0 aliphatic carbocycles. The van der Waals surface area contributed by atoms with Crippen LogP contribution in [0.4, 0.5) is 0 Å². The molecule has 0 bridgehead atoms. The number of aromatic amines is 3. The number of aryl methyl sites for hydroxylation is 1. The molecule has 0 aliphatic rings. The van der Waals surface area contributed by atoms with E-state index in [1.807, 2.05) is 31.2 Å². The van der Waals surface area contributed by atoms with Gasteiger partial charge in [0.1, 0.15) is 17.2 Å². The van der Waals surface area contributed by atoms with E-state index in [9.17, 15) is 9.59 Å². The summed E-state index contributed by atoms with van der Waals surface area (Å²) in [6.45, 7) is 1.92. The first-order chi connectivity index (χ1) is 11.1. The van der Waals surface area contributed by atoms with Gasteiger partial charge in [0.15, 0.2) is 5.65 Å². The van der Waals surface area contributed by atoms with Crippen LogP contribution < -0.4 is 11.2 Å². The molecule has 0 aliphatic heterocycles. The quantitative estimate of drug-likeness (QED) is 0.505. The molecule has 4 aromatic rings. The minimum absolute atomic E-state index is 0.228. The number of para-hydroxylation sites is 1. The number of imidazole rings is 1. The van der Waals surface area contributed by atoms with E-state index in [-0.39, 0.29) is 11.2 Å². The van der Waals surface area contributed by atoms with Gasteiger partial charge in [0.05, 0.1) is 11.9 Å². The van der Waals surface area contributed by atoms with Crippen LogP contribution in [-0.2, 0) is 6.42 Å². The summed E-state index contributed by atoms with van der Waals surface area (Å²) in [7, 11) is 0. The molecule has 4 rings (SSSR count). The Labute approximate surface area is 128 Å². The molecule has 0 saturated heterocycles. The molecule has 0 radical (unpaired) electrons. The Balaban J connectivity index is 1.80. The highest BCUT2D eigenvalue weighted by Gasteiger charge is 2.11. The van der Waals surface area contributed by atoms with Crippen molar-refractivity contribution in [2.75, 3.05) is 0 Å². The fourth-order valence-corrected chi connectivity index (χ4v) is 2.59. The molecule has 8 heteroatoms. The van der Waals surface area contributed by atoms with E-state index >= 15 is 0 Å². The highest BCUT2D eigenvalue weighted by atomic mass is 16.2. The van der Waals surface area contributed by atoms with Gasteiger partial charge in [-0.05, 0) is 13.0 Å². The summed E-state index contributed by atoms with van der Waals surface area (Å²) in [5.74, 6) is 1.11. The summed E-state index contributed by atoms with van der Waals surface area (Å²) in [5, 5.41) is 1.00. The van der Waals surface area contributed by atoms with Crippen LogP contribution in [0.15, 0.2) is 33.9 Å². The Morgan fingerprint density at radius 3 is 2.70 bits per heavy atom. The van der Waals surface area contributed by atoms with Crippen molar-refractivity contribution in [3.63, 3.8) is 0 Å². The van der Waals surface area contributed by atoms with Crippen molar-refractivity contribution >= 4 is 22.1 Å². The largest absolute Gasteiger partial charge is 0.336 e. The number of H-pyrrole nitrogens is 3. The average molecular weight is 308 g/mol. The van der Waals surface area contributed by atoms with Gasteiger partial charge >= 0.3 is 5.69 Å². The lowest BCUT2D eigenvalue weighted by molar-refractivity contribution is 0.918. The van der Waals surface area contributed by atoms with Crippen molar-refractivity contribution in [3.8, 4) is 0 Å². The number of aromatic nitrogens is 6. The van der Waals surface area contributed by atoms with Gasteiger partial charge < -0.3 is 4.98 Å². The molecule has 0 fully saturated rings. The summed E-state index contributed by atoms with van der Waals surface area (Å²) < 4.78 is 0. The second-order valence-corrected chi connectivity index (χ2v) is 5.23. The molecule has 0 atom stereocenters. The summed E-state index contributed by atoms with van der Waals surface area (Å²) in [6, 6.07) is 7.76. The zero-order valence-electron chi connectivity index (χ0n) is 12.2. The zero-order valence-corrected chi connectivity index (χ0v) is 12.2. The zero-order chi connectivity index (χ0) is 16.0. The van der Waals surface area contributed by atoms with E-state index in [4.69, 9.17) is 0 Å². The van der Waals surface area contributed by atoms with E-state index in [1.54, 1.807) is 0 Å². The third kappa shape index (κ3) is 2.30. The van der Waals surface area contributed by atoms with E-state index in [1.165, 1.54) is 0 Å². The van der Waals surface area contributed by atoms with Crippen LogP contribution in [-0.4, -0.2) is 29.9 Å². The Morgan fingerprint density at radius 1 is 1.00 bits per heavy atom. The molecule has 1 aromatic carbocycles. The van der Waals surface area contributed by atoms with Crippen molar-refractivity contribution in [2.24, 2.45) is 0 Å². The third-order valence-electron chi connectivity index (χ3n) is 3.60. The molecular formula is C15H12N6O2. The molecule has 114 valence electrons. The van der Waals surface area contributed by atoms with Crippen LogP contribution in [0, 0.1) is 6.92 Å². The molecule has 3 heterocycles. The number of fused-ring (bicyclic) bond motifs is 2. The predicted octanol–water partition coefficient (Wildman–Crippen LogP) is 0.782. The number of nitrogens with zero attached hydrogens (tertiary/aromatic N) is 3. The number of rotatable bonds is 2. The van der Waals surface area contributed by atoms with Crippen molar-refractivity contribution < 1.29 is 0 Å². The van der Waals surface area contributed by atoms with Gasteiger partial charge in [0, 0.05) is 11.1 Å². The van der Waals surface area contributed by atoms with Gasteiger partial charge in [0.25, 0.3) is 5.56 Å². The third-order valence-corrected chi connectivity index (χ3v) is 3.60. The van der Waals surface area contributed by atoms with Gasteiger partial charge in [-0.3, -0.25) is 14.8 Å². The predicted molar refractivity (Wildman–Crippen MR) is 84.4 cm³/mol. The van der Waals surface area contributed by atoms with Gasteiger partial charge in [0.2, 0.25) is 0 Å². The van der Waals surface area contributed by atoms with Crippen molar-refractivity contribution in [1.82, 2.24) is 29.9 Å². The molecule has 0 unspecified atom stereocenters. The monoisotopic (exact) mass is 308 g/mol. The van der Waals surface area contributed by atoms with E-state index in [2.05, 4.69) is 29.9 Å². The minimum atomic E-state index is -0.585. The standard InChI is InChI=1S/C15H12N6O2/c1-7-8-4-2-3-5-9(8)17-10(16-7)6-11-18-12-13(19-11)20-15(23)21-14(12)22/h2-5H,6H2,1H3,(H3,18,19,20,21,22,23). The minimum Gasteiger partial charge on any atom is -0.336 e. The molecule has 0 spiro atoms. The van der Waals surface area contributed by atoms with Crippen LogP contribution in [0.5, 0.6) is 0 Å². The van der Waals surface area contributed by atoms with Gasteiger partial charge in [-0.1, -0.05) is 18.2 Å². The first kappa shape index (κ1) is 13.4. The lowest BCUT2D eigenvalue weighted by Crippen LogP contribution is -2.21. The topological polar surface area (TPSA) is 120 Å². The van der Waals surface area contributed by atoms with Crippen LogP contribution >= 0.6 is 0 Å². The molecule has 23 heavy (non-hydrogen) atoms. The number of hydrogen-bond donors (Lipinski definition) is 3. The number of nitrogens with one attached hydrogen (secondary N) is 3. The molecule has 3 aromatic heterocycles. The van der Waals surface area contributed by atoms with Gasteiger partial charge in [-0.2, -0.15) is 0 Å². The maximum Gasteiger partial charge on any atom is 0.327 e. The molecule has 8 nitrogen and oxygen atoms in total. The highest BCUT2D eigenvalue weighted by molar-refractivity contribution is 5.80. The summed E-state index contributed by atoms with van der Waals surface area (Å²) in [6.07, 6.45) is 0.335. The van der Waals surface area contributed by atoms with Crippen LogP contribution in [0.2, 0.25) is 0 Å². The Morgan fingerprint density at radius 2 is 1.83 bits per heavy atom. The molecular weight excluding hydrogens is 296 g/mol. The number of benzene rings is 1. The maximum absolute atomic E-state index is 11.7. The lowest BCUT2D eigenvalue weighted by Gasteiger charge is -2.04. The van der Waals surface area contributed by atoms with Gasteiger partial charge in [-0.25, -0.2) is 19.7 Å². The molecule has 3 N–H and O–H groups in total. The summed E-state index contributed by atoms with van der Waals surface area (Å²) in [5.41, 5.74) is 1.12. The second-order valence-electron chi connectivity index (χ2n) is 5.23. The lowest BCUT2D eigenvalue weighted by atomic mass is 10.2. The first-order valence-corrected chi connectivity index (χ1v) is 7.03. The number of hydrogen-bond acceptors (Lipinski definition) is 5. The van der Waals surface area contributed by atoms with Crippen LogP contribution in [0.25, 0.3) is 22.1 Å². The van der Waals surface area contributed by atoms with Gasteiger partial charge in [-0.15, -0.1) is 0 Å². The molecule has 0 amide bonds. The van der Waals surface area contributed by atoms with Crippen molar-refractivity contribution in [1.29, 1.82) is 0 Å². The fourth-order valence-electron chi connectivity index (χ4n) is 2.59. The van der Waals surface area contributed by atoms with Crippen LogP contribution in [0.3, 0.4) is 0 Å². The normalized spacial score (nSPS) is 11.3. The smallest absolute Gasteiger partial charge is 0.327 e. The van der Waals surface area contributed by atoms with E-state index in [0.29, 0.717) is 18.1 Å². The summed E-state index contributed by atoms with van der Waals surface area (Å²) in [4.78, 5) is 43.7. The van der Waals surface area contributed by atoms with Crippen LogP contribution in [0.1, 0.15) is 17.3 Å². The fraction of sp³-hybridized carbons (Fsp3) is 0.133. The first-order valence-electron chi connectivity index (χ1n) is 7.03.